The lowest BCUT2D eigenvalue weighted by Gasteiger charge is -2.34. The quantitative estimate of drug-likeness (QED) is 0.414. The molecular formula is C21H18BrFN6O2S. The van der Waals surface area contributed by atoms with Gasteiger partial charge in [-0.05, 0) is 60.7 Å². The van der Waals surface area contributed by atoms with Crippen molar-refractivity contribution in [2.75, 3.05) is 31.1 Å². The smallest absolute Gasteiger partial charge is 0.243 e. The van der Waals surface area contributed by atoms with Crippen LogP contribution in [0.25, 0.3) is 17.0 Å². The molecule has 4 aromatic rings. The SMILES string of the molecule is O=S(=O)(c1ccc(Br)cc1)N1CCN(c2ccc3nnc(-c4ccc(F)cc4)n3n2)CC1. The average molecular weight is 517 g/mol. The normalized spacial score (nSPS) is 15.4. The van der Waals surface area contributed by atoms with E-state index in [0.29, 0.717) is 49.0 Å². The number of anilines is 1. The van der Waals surface area contributed by atoms with Crippen molar-refractivity contribution in [2.45, 2.75) is 4.90 Å². The lowest BCUT2D eigenvalue weighted by molar-refractivity contribution is 0.383. The molecule has 0 saturated carbocycles. The second kappa shape index (κ2) is 8.23. The van der Waals surface area contributed by atoms with Crippen molar-refractivity contribution < 1.29 is 12.8 Å². The fraction of sp³-hybridized carbons (Fsp3) is 0.190. The van der Waals surface area contributed by atoms with Gasteiger partial charge in [0.15, 0.2) is 11.5 Å². The van der Waals surface area contributed by atoms with Crippen molar-refractivity contribution in [3.63, 3.8) is 0 Å². The summed E-state index contributed by atoms with van der Waals surface area (Å²) in [5.74, 6) is 0.881. The molecule has 5 rings (SSSR count). The maximum Gasteiger partial charge on any atom is 0.243 e. The Balaban J connectivity index is 1.36. The van der Waals surface area contributed by atoms with Crippen LogP contribution in [0.4, 0.5) is 10.2 Å². The second-order valence-corrected chi connectivity index (χ2v) is 10.2. The van der Waals surface area contributed by atoms with Gasteiger partial charge < -0.3 is 4.90 Å². The van der Waals surface area contributed by atoms with Crippen molar-refractivity contribution in [3.05, 3.63) is 71.0 Å². The predicted octanol–water partition coefficient (Wildman–Crippen LogP) is 3.20. The van der Waals surface area contributed by atoms with Crippen LogP contribution in [0.15, 0.2) is 70.0 Å². The van der Waals surface area contributed by atoms with Gasteiger partial charge in [0.2, 0.25) is 10.0 Å². The molecule has 0 N–H and O–H groups in total. The minimum Gasteiger partial charge on any atom is -0.353 e. The minimum atomic E-state index is -3.55. The summed E-state index contributed by atoms with van der Waals surface area (Å²) in [6.45, 7) is 1.71. The Morgan fingerprint density at radius 3 is 2.22 bits per heavy atom. The molecule has 0 radical (unpaired) electrons. The minimum absolute atomic E-state index is 0.280. The standard InChI is InChI=1S/C21H18BrFN6O2S/c22-16-3-7-18(8-4-16)32(30,31)28-13-11-27(12-14-28)20-10-9-19-24-25-21(29(19)26-20)15-1-5-17(23)6-2-15/h1-10H,11-14H2. The highest BCUT2D eigenvalue weighted by Crippen LogP contribution is 2.23. The van der Waals surface area contributed by atoms with Gasteiger partial charge >= 0.3 is 0 Å². The molecule has 11 heteroatoms. The number of hydrogen-bond acceptors (Lipinski definition) is 6. The summed E-state index contributed by atoms with van der Waals surface area (Å²) in [6, 6.07) is 16.3. The van der Waals surface area contributed by atoms with Crippen LogP contribution >= 0.6 is 15.9 Å². The first kappa shape index (κ1) is 21.0. The third-order valence-corrected chi connectivity index (χ3v) is 7.81. The Kier molecular flexibility index (Phi) is 5.39. The first-order valence-corrected chi connectivity index (χ1v) is 12.1. The molecule has 0 aliphatic carbocycles. The highest BCUT2D eigenvalue weighted by Gasteiger charge is 2.29. The number of hydrogen-bond donors (Lipinski definition) is 0. The number of benzene rings is 2. The van der Waals surface area contributed by atoms with Gasteiger partial charge in [-0.1, -0.05) is 15.9 Å². The fourth-order valence-corrected chi connectivity index (χ4v) is 5.33. The van der Waals surface area contributed by atoms with E-state index in [1.807, 2.05) is 17.0 Å². The monoisotopic (exact) mass is 516 g/mol. The summed E-state index contributed by atoms with van der Waals surface area (Å²) in [5.41, 5.74) is 1.28. The van der Waals surface area contributed by atoms with Gasteiger partial charge in [-0.15, -0.1) is 15.3 Å². The molecule has 32 heavy (non-hydrogen) atoms. The molecule has 0 unspecified atom stereocenters. The Labute approximate surface area is 192 Å². The van der Waals surface area contributed by atoms with E-state index in [4.69, 9.17) is 0 Å². The van der Waals surface area contributed by atoms with Gasteiger partial charge in [-0.2, -0.15) is 8.82 Å². The largest absolute Gasteiger partial charge is 0.353 e. The zero-order valence-electron chi connectivity index (χ0n) is 16.8. The van der Waals surface area contributed by atoms with Gasteiger partial charge in [0.1, 0.15) is 11.6 Å². The number of halogens is 2. The second-order valence-electron chi connectivity index (χ2n) is 7.34. The first-order chi connectivity index (χ1) is 15.4. The topological polar surface area (TPSA) is 83.7 Å². The maximum absolute atomic E-state index is 13.3. The van der Waals surface area contributed by atoms with E-state index in [2.05, 4.69) is 31.2 Å². The van der Waals surface area contributed by atoms with E-state index in [1.54, 1.807) is 40.9 Å². The van der Waals surface area contributed by atoms with E-state index in [-0.39, 0.29) is 10.7 Å². The molecule has 0 amide bonds. The molecule has 2 aromatic carbocycles. The molecule has 1 fully saturated rings. The van der Waals surface area contributed by atoms with Crippen molar-refractivity contribution >= 4 is 37.4 Å². The van der Waals surface area contributed by atoms with E-state index >= 15 is 0 Å². The summed E-state index contributed by atoms with van der Waals surface area (Å²) in [4.78, 5) is 2.31. The number of aromatic nitrogens is 4. The van der Waals surface area contributed by atoms with E-state index in [0.717, 1.165) is 4.47 Å². The van der Waals surface area contributed by atoms with Crippen LogP contribution in [0, 0.1) is 5.82 Å². The zero-order chi connectivity index (χ0) is 22.3. The molecule has 2 aromatic heterocycles. The first-order valence-electron chi connectivity index (χ1n) is 9.91. The van der Waals surface area contributed by atoms with Crippen molar-refractivity contribution in [1.29, 1.82) is 0 Å². The van der Waals surface area contributed by atoms with Gasteiger partial charge in [-0.3, -0.25) is 0 Å². The van der Waals surface area contributed by atoms with E-state index < -0.39 is 10.0 Å². The van der Waals surface area contributed by atoms with Crippen molar-refractivity contribution in [1.82, 2.24) is 24.1 Å². The fourth-order valence-electron chi connectivity index (χ4n) is 3.64. The van der Waals surface area contributed by atoms with Crippen LogP contribution in [0.1, 0.15) is 0 Å². The van der Waals surface area contributed by atoms with Crippen molar-refractivity contribution in [2.24, 2.45) is 0 Å². The van der Waals surface area contributed by atoms with Gasteiger partial charge in [0.05, 0.1) is 4.90 Å². The zero-order valence-corrected chi connectivity index (χ0v) is 19.2. The molecule has 0 atom stereocenters. The molecule has 1 saturated heterocycles. The molecule has 8 nitrogen and oxygen atoms in total. The molecule has 0 spiro atoms. The number of fused-ring (bicyclic) bond motifs is 1. The number of sulfonamides is 1. The summed E-state index contributed by atoms with van der Waals surface area (Å²) < 4.78 is 43.1. The van der Waals surface area contributed by atoms with Gasteiger partial charge in [0.25, 0.3) is 0 Å². The summed E-state index contributed by atoms with van der Waals surface area (Å²) in [5, 5.41) is 13.0. The summed E-state index contributed by atoms with van der Waals surface area (Å²) >= 11 is 3.33. The maximum atomic E-state index is 13.3. The number of nitrogens with zero attached hydrogens (tertiary/aromatic N) is 6. The molecule has 3 heterocycles. The van der Waals surface area contributed by atoms with Crippen LogP contribution in [0.3, 0.4) is 0 Å². The average Bonchev–Trinajstić information content (AvgIpc) is 3.23. The predicted molar refractivity (Wildman–Crippen MR) is 121 cm³/mol. The van der Waals surface area contributed by atoms with Gasteiger partial charge in [-0.25, -0.2) is 12.8 Å². The molecule has 1 aliphatic rings. The molecule has 1 aliphatic heterocycles. The Bertz CT molecular complexity index is 1370. The Morgan fingerprint density at radius 2 is 1.53 bits per heavy atom. The van der Waals surface area contributed by atoms with Gasteiger partial charge in [0, 0.05) is 36.2 Å². The van der Waals surface area contributed by atoms with Crippen molar-refractivity contribution in [3.8, 4) is 11.4 Å². The Morgan fingerprint density at radius 1 is 0.844 bits per heavy atom. The summed E-state index contributed by atoms with van der Waals surface area (Å²) in [7, 11) is -3.55. The number of rotatable bonds is 4. The highest BCUT2D eigenvalue weighted by molar-refractivity contribution is 9.10. The van der Waals surface area contributed by atoms with E-state index in [9.17, 15) is 12.8 Å². The Hall–Kier alpha value is -2.89. The lowest BCUT2D eigenvalue weighted by Crippen LogP contribution is -2.49. The van der Waals surface area contributed by atoms with Crippen LogP contribution in [0.2, 0.25) is 0 Å². The lowest BCUT2D eigenvalue weighted by atomic mass is 10.2. The highest BCUT2D eigenvalue weighted by atomic mass is 79.9. The molecule has 0 bridgehead atoms. The third kappa shape index (κ3) is 3.87. The number of piperazine rings is 1. The van der Waals surface area contributed by atoms with Crippen LogP contribution in [0.5, 0.6) is 0 Å². The van der Waals surface area contributed by atoms with Crippen LogP contribution < -0.4 is 4.90 Å². The molecular weight excluding hydrogens is 499 g/mol. The third-order valence-electron chi connectivity index (χ3n) is 5.37. The summed E-state index contributed by atoms with van der Waals surface area (Å²) in [6.07, 6.45) is 0. The van der Waals surface area contributed by atoms with E-state index in [1.165, 1.54) is 16.4 Å². The van der Waals surface area contributed by atoms with Crippen LogP contribution in [-0.2, 0) is 10.0 Å². The van der Waals surface area contributed by atoms with Crippen LogP contribution in [-0.4, -0.2) is 58.7 Å². The molecule has 164 valence electrons.